The lowest BCUT2D eigenvalue weighted by atomic mass is 9.85. The molecule has 2 N–H and O–H groups in total. The molecule has 2 amide bonds. The molecular weight excluding hydrogens is 542 g/mol. The van der Waals surface area contributed by atoms with Crippen molar-refractivity contribution in [2.45, 2.75) is 51.6 Å². The number of rotatable bonds is 7. The number of halogens is 3. The van der Waals surface area contributed by atoms with Crippen LogP contribution in [-0.4, -0.2) is 37.0 Å². The third-order valence-corrected chi connectivity index (χ3v) is 7.31. The van der Waals surface area contributed by atoms with E-state index in [1.54, 1.807) is 27.5 Å². The second-order valence-corrected chi connectivity index (χ2v) is 10.3. The van der Waals surface area contributed by atoms with Gasteiger partial charge in [-0.05, 0) is 61.9 Å². The minimum absolute atomic E-state index is 0.113. The van der Waals surface area contributed by atoms with Crippen molar-refractivity contribution in [3.63, 3.8) is 0 Å². The standard InChI is InChI=1S/C28H27ClF2N6O3/c1-16(38)34-24-11-10-20(14-32-24)37-23-5-3-2-4-22(23)36(28(37)40)15-17-6-8-19(9-7-17)35-27(39)21-12-18(29)13-33-25(21)26(30)31/h2-5,10-14,17,19,26H,6-9,15H2,1H3,(H,35,39)(H,32,34,38). The molecule has 40 heavy (non-hydrogen) atoms. The number of carbonyl (C=O) groups is 2. The van der Waals surface area contributed by atoms with Crippen molar-refractivity contribution in [3.8, 4) is 5.69 Å². The molecule has 0 saturated heterocycles. The van der Waals surface area contributed by atoms with Gasteiger partial charge in [-0.1, -0.05) is 23.7 Å². The monoisotopic (exact) mass is 568 g/mol. The summed E-state index contributed by atoms with van der Waals surface area (Å²) in [6.07, 6.45) is 2.55. The molecule has 1 fully saturated rings. The van der Waals surface area contributed by atoms with E-state index in [4.69, 9.17) is 11.6 Å². The number of pyridine rings is 2. The zero-order chi connectivity index (χ0) is 28.4. The maximum absolute atomic E-state index is 13.6. The molecule has 1 aromatic carbocycles. The summed E-state index contributed by atoms with van der Waals surface area (Å²) in [5.74, 6) is -0.266. The number of imidazole rings is 1. The molecule has 9 nitrogen and oxygen atoms in total. The average Bonchev–Trinajstić information content (AvgIpc) is 3.20. The number of hydrogen-bond acceptors (Lipinski definition) is 5. The Morgan fingerprint density at radius 3 is 2.42 bits per heavy atom. The fourth-order valence-electron chi connectivity index (χ4n) is 5.22. The van der Waals surface area contributed by atoms with Crippen molar-refractivity contribution in [3.05, 3.63) is 81.6 Å². The second kappa shape index (κ2) is 11.5. The SMILES string of the molecule is CC(=O)Nc1ccc(-n2c(=O)n(CC3CCC(NC(=O)c4cc(Cl)cnc4C(F)F)CC3)c3ccccc32)cn1. The van der Waals surface area contributed by atoms with E-state index >= 15 is 0 Å². The summed E-state index contributed by atoms with van der Waals surface area (Å²) in [6.45, 7) is 1.90. The van der Waals surface area contributed by atoms with Gasteiger partial charge in [-0.15, -0.1) is 0 Å². The molecule has 0 aliphatic heterocycles. The fraction of sp³-hybridized carbons (Fsp3) is 0.321. The van der Waals surface area contributed by atoms with E-state index < -0.39 is 18.0 Å². The number of fused-ring (bicyclic) bond motifs is 1. The largest absolute Gasteiger partial charge is 0.349 e. The van der Waals surface area contributed by atoms with Crippen LogP contribution in [0.5, 0.6) is 0 Å². The van der Waals surface area contributed by atoms with Crippen LogP contribution in [0, 0.1) is 5.92 Å². The van der Waals surface area contributed by atoms with Crippen molar-refractivity contribution < 1.29 is 18.4 Å². The van der Waals surface area contributed by atoms with Gasteiger partial charge in [-0.25, -0.2) is 18.6 Å². The Balaban J connectivity index is 1.29. The van der Waals surface area contributed by atoms with Crippen LogP contribution in [0.15, 0.2) is 59.7 Å². The highest BCUT2D eigenvalue weighted by molar-refractivity contribution is 6.30. The molecule has 0 spiro atoms. The first-order valence-corrected chi connectivity index (χ1v) is 13.3. The highest BCUT2D eigenvalue weighted by Crippen LogP contribution is 2.29. The number of alkyl halides is 2. The molecule has 1 aliphatic carbocycles. The predicted molar refractivity (Wildman–Crippen MR) is 147 cm³/mol. The molecule has 208 valence electrons. The van der Waals surface area contributed by atoms with Crippen LogP contribution in [0.25, 0.3) is 16.7 Å². The summed E-state index contributed by atoms with van der Waals surface area (Å²) in [4.78, 5) is 45.5. The number of anilines is 1. The average molecular weight is 569 g/mol. The third kappa shape index (κ3) is 5.74. The van der Waals surface area contributed by atoms with E-state index in [1.807, 2.05) is 24.3 Å². The molecule has 3 heterocycles. The van der Waals surface area contributed by atoms with Crippen molar-refractivity contribution >= 4 is 40.3 Å². The summed E-state index contributed by atoms with van der Waals surface area (Å²) in [5, 5.41) is 5.58. The lowest BCUT2D eigenvalue weighted by molar-refractivity contribution is -0.114. The van der Waals surface area contributed by atoms with Gasteiger partial charge < -0.3 is 10.6 Å². The topological polar surface area (TPSA) is 111 Å². The highest BCUT2D eigenvalue weighted by atomic mass is 35.5. The minimum atomic E-state index is -2.89. The summed E-state index contributed by atoms with van der Waals surface area (Å²) in [6, 6.07) is 11.9. The number of aromatic nitrogens is 4. The van der Waals surface area contributed by atoms with Crippen LogP contribution >= 0.6 is 11.6 Å². The zero-order valence-electron chi connectivity index (χ0n) is 21.6. The van der Waals surface area contributed by atoms with E-state index in [0.717, 1.165) is 30.1 Å². The van der Waals surface area contributed by atoms with Crippen molar-refractivity contribution in [1.82, 2.24) is 24.4 Å². The van der Waals surface area contributed by atoms with Gasteiger partial charge in [0.15, 0.2) is 0 Å². The quantitative estimate of drug-likeness (QED) is 0.321. The summed E-state index contributed by atoms with van der Waals surface area (Å²) in [5.41, 5.74) is 1.11. The number of para-hydroxylation sites is 2. The Labute approximate surface area is 233 Å². The number of benzene rings is 1. The summed E-state index contributed by atoms with van der Waals surface area (Å²) < 4.78 is 30.0. The van der Waals surface area contributed by atoms with Gasteiger partial charge >= 0.3 is 5.69 Å². The van der Waals surface area contributed by atoms with E-state index in [-0.39, 0.29) is 34.1 Å². The molecule has 0 unspecified atom stereocenters. The lowest BCUT2D eigenvalue weighted by Gasteiger charge is -2.29. The van der Waals surface area contributed by atoms with Gasteiger partial charge in [0, 0.05) is 25.7 Å². The van der Waals surface area contributed by atoms with Crippen LogP contribution < -0.4 is 16.3 Å². The molecule has 5 rings (SSSR count). The van der Waals surface area contributed by atoms with Crippen molar-refractivity contribution in [1.29, 1.82) is 0 Å². The van der Waals surface area contributed by atoms with E-state index in [0.29, 0.717) is 30.9 Å². The zero-order valence-corrected chi connectivity index (χ0v) is 22.4. The Morgan fingerprint density at radius 2 is 1.77 bits per heavy atom. The summed E-state index contributed by atoms with van der Waals surface area (Å²) >= 11 is 5.89. The lowest BCUT2D eigenvalue weighted by Crippen LogP contribution is -2.39. The first kappa shape index (κ1) is 27.4. The van der Waals surface area contributed by atoms with Gasteiger partial charge in [-0.3, -0.25) is 23.7 Å². The number of nitrogens with zero attached hydrogens (tertiary/aromatic N) is 4. The molecule has 0 radical (unpaired) electrons. The molecule has 12 heteroatoms. The van der Waals surface area contributed by atoms with E-state index in [2.05, 4.69) is 20.6 Å². The molecule has 0 bridgehead atoms. The molecule has 4 aromatic rings. The first-order chi connectivity index (χ1) is 19.2. The Kier molecular flexibility index (Phi) is 7.92. The van der Waals surface area contributed by atoms with Crippen LogP contribution in [-0.2, 0) is 11.3 Å². The van der Waals surface area contributed by atoms with E-state index in [1.165, 1.54) is 13.0 Å². The van der Waals surface area contributed by atoms with Crippen LogP contribution in [0.2, 0.25) is 5.02 Å². The Bertz CT molecular complexity index is 1610. The fourth-order valence-corrected chi connectivity index (χ4v) is 5.38. The molecule has 3 aromatic heterocycles. The summed E-state index contributed by atoms with van der Waals surface area (Å²) in [7, 11) is 0. The Morgan fingerprint density at radius 1 is 1.05 bits per heavy atom. The van der Waals surface area contributed by atoms with Crippen LogP contribution in [0.4, 0.5) is 14.6 Å². The maximum Gasteiger partial charge on any atom is 0.333 e. The number of hydrogen-bond donors (Lipinski definition) is 2. The molecular formula is C28H27ClF2N6O3. The number of carbonyl (C=O) groups excluding carboxylic acids is 2. The van der Waals surface area contributed by atoms with Gasteiger partial charge in [0.2, 0.25) is 5.91 Å². The van der Waals surface area contributed by atoms with Crippen LogP contribution in [0.1, 0.15) is 55.1 Å². The van der Waals surface area contributed by atoms with Crippen molar-refractivity contribution in [2.75, 3.05) is 5.32 Å². The van der Waals surface area contributed by atoms with Crippen LogP contribution in [0.3, 0.4) is 0 Å². The highest BCUT2D eigenvalue weighted by Gasteiger charge is 2.27. The minimum Gasteiger partial charge on any atom is -0.349 e. The number of nitrogens with one attached hydrogen (secondary N) is 2. The molecule has 1 saturated carbocycles. The van der Waals surface area contributed by atoms with Gasteiger partial charge in [0.05, 0.1) is 33.5 Å². The maximum atomic E-state index is 13.6. The first-order valence-electron chi connectivity index (χ1n) is 12.9. The normalized spacial score (nSPS) is 17.2. The third-order valence-electron chi connectivity index (χ3n) is 7.11. The van der Waals surface area contributed by atoms with Gasteiger partial charge in [0.25, 0.3) is 12.3 Å². The predicted octanol–water partition coefficient (Wildman–Crippen LogP) is 5.12. The Hall–Kier alpha value is -4.12. The molecule has 0 atom stereocenters. The van der Waals surface area contributed by atoms with Gasteiger partial charge in [0.1, 0.15) is 11.5 Å². The van der Waals surface area contributed by atoms with Crippen molar-refractivity contribution in [2.24, 2.45) is 5.92 Å². The smallest absolute Gasteiger partial charge is 0.333 e. The van der Waals surface area contributed by atoms with E-state index in [9.17, 15) is 23.2 Å². The second-order valence-electron chi connectivity index (χ2n) is 9.88. The number of amides is 2. The van der Waals surface area contributed by atoms with Gasteiger partial charge in [-0.2, -0.15) is 0 Å². The molecule has 1 aliphatic rings.